The van der Waals surface area contributed by atoms with Crippen molar-refractivity contribution in [1.29, 1.82) is 0 Å². The van der Waals surface area contributed by atoms with Gasteiger partial charge in [-0.05, 0) is 17.7 Å². The molecule has 1 aromatic heterocycles. The van der Waals surface area contributed by atoms with E-state index in [4.69, 9.17) is 0 Å². The summed E-state index contributed by atoms with van der Waals surface area (Å²) in [6.45, 7) is -1.36. The maximum absolute atomic E-state index is 14.0. The summed E-state index contributed by atoms with van der Waals surface area (Å²) in [7, 11) is 0. The number of halogens is 4. The number of carboxylic acids is 2. The predicted molar refractivity (Wildman–Crippen MR) is 108 cm³/mol. The van der Waals surface area contributed by atoms with Gasteiger partial charge in [-0.3, -0.25) is 14.7 Å². The van der Waals surface area contributed by atoms with Gasteiger partial charge in [0.05, 0.1) is 12.1 Å². The molecule has 174 valence electrons. The molecule has 8 nitrogen and oxygen atoms in total. The van der Waals surface area contributed by atoms with Crippen LogP contribution >= 0.6 is 11.3 Å². The second-order valence-corrected chi connectivity index (χ2v) is 8.43. The van der Waals surface area contributed by atoms with E-state index in [9.17, 15) is 37.4 Å². The number of carboxylic acid groups (broad SMARTS) is 2. The predicted octanol–water partition coefficient (Wildman–Crippen LogP) is 2.65. The van der Waals surface area contributed by atoms with E-state index in [1.807, 2.05) is 0 Å². The molecule has 0 spiro atoms. The quantitative estimate of drug-likeness (QED) is 0.540. The van der Waals surface area contributed by atoms with Crippen molar-refractivity contribution in [1.82, 2.24) is 15.2 Å². The first-order chi connectivity index (χ1) is 15.6. The van der Waals surface area contributed by atoms with Gasteiger partial charge in [-0.1, -0.05) is 6.07 Å². The van der Waals surface area contributed by atoms with Crippen molar-refractivity contribution >= 4 is 29.1 Å². The highest BCUT2D eigenvalue weighted by Crippen LogP contribution is 2.36. The maximum atomic E-state index is 14.0. The minimum absolute atomic E-state index is 0.0147. The van der Waals surface area contributed by atoms with Crippen LogP contribution in [0, 0.1) is 11.6 Å². The van der Waals surface area contributed by atoms with Crippen LogP contribution in [0.25, 0.3) is 0 Å². The molecule has 1 aromatic carbocycles. The minimum Gasteiger partial charge on any atom is -0.480 e. The fourth-order valence-electron chi connectivity index (χ4n) is 3.84. The highest BCUT2D eigenvalue weighted by Gasteiger charge is 2.49. The number of hydrogen-bond acceptors (Lipinski definition) is 7. The number of nitrogens with zero attached hydrogens (tertiary/aromatic N) is 3. The van der Waals surface area contributed by atoms with Crippen LogP contribution in [0.2, 0.25) is 0 Å². The molecule has 4 rings (SSSR count). The monoisotopic (exact) mass is 484 g/mol. The number of nitrogens with one attached hydrogen (secondary N) is 1. The second-order valence-electron chi connectivity index (χ2n) is 7.53. The minimum atomic E-state index is -3.27. The Hall–Kier alpha value is -3.32. The zero-order chi connectivity index (χ0) is 23.9. The number of rotatable bonds is 6. The Bertz CT molecular complexity index is 1170. The van der Waals surface area contributed by atoms with Crippen molar-refractivity contribution in [3.8, 4) is 0 Å². The molecule has 1 fully saturated rings. The molecule has 13 heteroatoms. The van der Waals surface area contributed by atoms with E-state index in [2.05, 4.69) is 15.3 Å². The van der Waals surface area contributed by atoms with E-state index in [1.54, 1.807) is 5.38 Å². The Morgan fingerprint density at radius 1 is 1.24 bits per heavy atom. The fraction of sp³-hybridized carbons (Fsp3) is 0.300. The van der Waals surface area contributed by atoms with Crippen LogP contribution in [0.5, 0.6) is 0 Å². The summed E-state index contributed by atoms with van der Waals surface area (Å²) in [6, 6.07) is -0.0559. The van der Waals surface area contributed by atoms with Gasteiger partial charge in [-0.15, -0.1) is 11.3 Å². The molecular weight excluding hydrogens is 468 g/mol. The van der Waals surface area contributed by atoms with Gasteiger partial charge in [0.25, 0.3) is 5.92 Å². The number of aromatic nitrogens is 1. The molecule has 33 heavy (non-hydrogen) atoms. The van der Waals surface area contributed by atoms with Crippen molar-refractivity contribution < 1.29 is 37.4 Å². The van der Waals surface area contributed by atoms with Gasteiger partial charge in [0.15, 0.2) is 22.5 Å². The molecule has 2 aliphatic rings. The number of alkyl halides is 2. The van der Waals surface area contributed by atoms with Crippen LogP contribution in [0.3, 0.4) is 0 Å². The van der Waals surface area contributed by atoms with Gasteiger partial charge in [0.2, 0.25) is 0 Å². The lowest BCUT2D eigenvalue weighted by Crippen LogP contribution is -2.43. The number of hydrogen-bond donors (Lipinski definition) is 3. The number of aliphatic carboxylic acids is 2. The third-order valence-electron chi connectivity index (χ3n) is 5.26. The van der Waals surface area contributed by atoms with E-state index in [-0.39, 0.29) is 17.1 Å². The SMILES string of the molecule is O=C(O)C1=C(CN2CC(F)(F)C[C@H]2C(=O)O)NC(c2nccs2)=N[C@H]1c1ccc(F)c(F)c1. The number of carbonyl (C=O) groups is 2. The zero-order valence-corrected chi connectivity index (χ0v) is 17.5. The normalized spacial score (nSPS) is 22.7. The largest absolute Gasteiger partial charge is 0.480 e. The lowest BCUT2D eigenvalue weighted by atomic mass is 9.95. The van der Waals surface area contributed by atoms with Crippen molar-refractivity contribution in [2.75, 3.05) is 13.1 Å². The lowest BCUT2D eigenvalue weighted by Gasteiger charge is -2.29. The molecule has 2 aliphatic heterocycles. The molecular formula is C20H16F4N4O4S. The summed E-state index contributed by atoms with van der Waals surface area (Å²) < 4.78 is 55.3. The highest BCUT2D eigenvalue weighted by atomic mass is 32.1. The number of benzene rings is 1. The molecule has 0 amide bonds. The molecule has 1 saturated heterocycles. The molecule has 0 aliphatic carbocycles. The Balaban J connectivity index is 1.80. The van der Waals surface area contributed by atoms with E-state index >= 15 is 0 Å². The van der Waals surface area contributed by atoms with E-state index < -0.39 is 66.7 Å². The van der Waals surface area contributed by atoms with Gasteiger partial charge in [-0.25, -0.2) is 27.3 Å². The van der Waals surface area contributed by atoms with Gasteiger partial charge in [0.1, 0.15) is 12.1 Å². The summed E-state index contributed by atoms with van der Waals surface area (Å²) in [5.41, 5.74) is -0.483. The number of thiazole rings is 1. The lowest BCUT2D eigenvalue weighted by molar-refractivity contribution is -0.142. The molecule has 0 bridgehead atoms. The third-order valence-corrected chi connectivity index (χ3v) is 6.04. The van der Waals surface area contributed by atoms with E-state index in [0.29, 0.717) is 5.01 Å². The Labute approximate surface area is 187 Å². The second kappa shape index (κ2) is 8.56. The Morgan fingerprint density at radius 3 is 2.61 bits per heavy atom. The first-order valence-electron chi connectivity index (χ1n) is 9.56. The average molecular weight is 484 g/mol. The molecule has 0 saturated carbocycles. The molecule has 0 radical (unpaired) electrons. The first-order valence-corrected chi connectivity index (χ1v) is 10.4. The molecule has 2 aromatic rings. The van der Waals surface area contributed by atoms with Crippen LogP contribution < -0.4 is 5.32 Å². The summed E-state index contributed by atoms with van der Waals surface area (Å²) in [6.07, 6.45) is 0.548. The molecule has 2 atom stereocenters. The third kappa shape index (κ3) is 4.59. The molecule has 0 unspecified atom stereocenters. The Kier molecular flexibility index (Phi) is 5.93. The van der Waals surface area contributed by atoms with Crippen LogP contribution in [-0.4, -0.2) is 62.9 Å². The van der Waals surface area contributed by atoms with Crippen molar-refractivity contribution in [2.24, 2.45) is 4.99 Å². The van der Waals surface area contributed by atoms with Crippen molar-refractivity contribution in [3.63, 3.8) is 0 Å². The van der Waals surface area contributed by atoms with E-state index in [0.717, 1.165) is 28.4 Å². The van der Waals surface area contributed by atoms with Crippen molar-refractivity contribution in [3.05, 3.63) is 63.3 Å². The number of likely N-dealkylation sites (tertiary alicyclic amines) is 1. The maximum Gasteiger partial charge on any atom is 0.335 e. The summed E-state index contributed by atoms with van der Waals surface area (Å²) >= 11 is 1.16. The number of aliphatic imine (C=N–C) groups is 1. The van der Waals surface area contributed by atoms with Crippen LogP contribution in [0.1, 0.15) is 23.0 Å². The molecule has 3 heterocycles. The fourth-order valence-corrected chi connectivity index (χ4v) is 4.43. The first kappa shape index (κ1) is 22.9. The highest BCUT2D eigenvalue weighted by molar-refractivity contribution is 7.11. The topological polar surface area (TPSA) is 115 Å². The smallest absolute Gasteiger partial charge is 0.335 e. The number of amidine groups is 1. The van der Waals surface area contributed by atoms with Gasteiger partial charge >= 0.3 is 11.9 Å². The van der Waals surface area contributed by atoms with Gasteiger partial charge < -0.3 is 15.5 Å². The van der Waals surface area contributed by atoms with Gasteiger partial charge in [0, 0.05) is 30.2 Å². The van der Waals surface area contributed by atoms with Crippen molar-refractivity contribution in [2.45, 2.75) is 24.4 Å². The zero-order valence-electron chi connectivity index (χ0n) is 16.6. The molecule has 3 N–H and O–H groups in total. The Morgan fingerprint density at radius 2 is 2.00 bits per heavy atom. The van der Waals surface area contributed by atoms with Crippen LogP contribution in [0.15, 0.2) is 46.0 Å². The van der Waals surface area contributed by atoms with Crippen LogP contribution in [0.4, 0.5) is 17.6 Å². The van der Waals surface area contributed by atoms with Gasteiger partial charge in [-0.2, -0.15) is 0 Å². The summed E-state index contributed by atoms with van der Waals surface area (Å²) in [4.78, 5) is 33.1. The average Bonchev–Trinajstić information content (AvgIpc) is 3.37. The summed E-state index contributed by atoms with van der Waals surface area (Å²) in [5, 5.41) is 24.0. The van der Waals surface area contributed by atoms with Crippen LogP contribution in [-0.2, 0) is 9.59 Å². The summed E-state index contributed by atoms with van der Waals surface area (Å²) in [5.74, 6) is -8.47. The van der Waals surface area contributed by atoms with E-state index in [1.165, 1.54) is 12.3 Å². The standard InChI is InChI=1S/C20H16F4N4O4S/c21-10-2-1-9(5-11(10)22)15-14(19(31)32)12(26-16(27-15)17-25-3-4-33-17)7-28-8-20(23,24)6-13(28)18(29)30/h1-5,13,15H,6-8H2,(H,26,27)(H,29,30)(H,31,32)/t13-,15-/m0/s1.